The standard InChI is InChI=1S/C33H37N3O6S/c1-20-22(13-9-14-26(20)37)30(39)35-25(18-21-10-5-4-6-11-21)28(38)32(41)36-19-43-33(2,3)29(36)31(40)34-24-16-17-42-27-15-8-7-12-23(24)27/h4-15,24-25,28-29,37-38H,16-19H2,1-3H3,(H,34,40)(H,35,39)/t24-,25+,28+,29+/m1/s1. The van der Waals surface area contributed by atoms with Crippen molar-refractivity contribution in [1.29, 1.82) is 0 Å². The van der Waals surface area contributed by atoms with E-state index in [1.165, 1.54) is 22.7 Å². The van der Waals surface area contributed by atoms with Gasteiger partial charge in [0.2, 0.25) is 5.91 Å². The lowest BCUT2D eigenvalue weighted by molar-refractivity contribution is -0.147. The van der Waals surface area contributed by atoms with E-state index in [0.29, 0.717) is 18.6 Å². The van der Waals surface area contributed by atoms with Gasteiger partial charge >= 0.3 is 0 Å². The van der Waals surface area contributed by atoms with E-state index in [9.17, 15) is 24.6 Å². The second-order valence-electron chi connectivity index (χ2n) is 11.5. The number of ether oxygens (including phenoxy) is 1. The number of phenolic OH excluding ortho intramolecular Hbond substituents is 1. The van der Waals surface area contributed by atoms with Crippen molar-refractivity contribution in [3.05, 3.63) is 95.1 Å². The number of thioether (sulfide) groups is 1. The van der Waals surface area contributed by atoms with Gasteiger partial charge in [0.05, 0.1) is 24.6 Å². The number of rotatable bonds is 8. The zero-order valence-electron chi connectivity index (χ0n) is 24.4. The first-order valence-corrected chi connectivity index (χ1v) is 15.3. The molecule has 43 heavy (non-hydrogen) atoms. The first kappa shape index (κ1) is 30.4. The molecule has 10 heteroatoms. The number of carbonyl (C=O) groups is 3. The topological polar surface area (TPSA) is 128 Å². The Hall–Kier alpha value is -4.02. The monoisotopic (exact) mass is 603 g/mol. The molecule has 1 fully saturated rings. The van der Waals surface area contributed by atoms with Gasteiger partial charge < -0.3 is 30.5 Å². The van der Waals surface area contributed by atoms with Crippen LogP contribution >= 0.6 is 11.8 Å². The summed E-state index contributed by atoms with van der Waals surface area (Å²) in [5.74, 6) is -0.561. The summed E-state index contributed by atoms with van der Waals surface area (Å²) in [4.78, 5) is 42.6. The normalized spacial score (nSPS) is 20.3. The maximum absolute atomic E-state index is 14.0. The predicted octanol–water partition coefficient (Wildman–Crippen LogP) is 3.72. The Balaban J connectivity index is 1.38. The molecule has 3 amide bonds. The molecule has 0 unspecified atom stereocenters. The Morgan fingerprint density at radius 2 is 1.77 bits per heavy atom. The zero-order valence-corrected chi connectivity index (χ0v) is 25.3. The summed E-state index contributed by atoms with van der Waals surface area (Å²) < 4.78 is 5.12. The minimum atomic E-state index is -1.63. The second kappa shape index (κ2) is 12.7. The Bertz CT molecular complexity index is 1500. The number of aliphatic hydroxyl groups excluding tert-OH is 1. The van der Waals surface area contributed by atoms with Gasteiger partial charge in [-0.15, -0.1) is 11.8 Å². The van der Waals surface area contributed by atoms with E-state index in [-0.39, 0.29) is 35.6 Å². The lowest BCUT2D eigenvalue weighted by Crippen LogP contribution is -2.59. The number of fused-ring (bicyclic) bond motifs is 1. The van der Waals surface area contributed by atoms with Gasteiger partial charge in [-0.3, -0.25) is 14.4 Å². The maximum Gasteiger partial charge on any atom is 0.254 e. The van der Waals surface area contributed by atoms with Crippen LogP contribution in [0.15, 0.2) is 72.8 Å². The molecule has 9 nitrogen and oxygen atoms in total. The van der Waals surface area contributed by atoms with Crippen LogP contribution in [0.5, 0.6) is 11.5 Å². The summed E-state index contributed by atoms with van der Waals surface area (Å²) in [5.41, 5.74) is 2.33. The van der Waals surface area contributed by atoms with Crippen molar-refractivity contribution in [2.45, 2.75) is 62.6 Å². The molecule has 4 atom stereocenters. The van der Waals surface area contributed by atoms with Crippen LogP contribution in [-0.2, 0) is 16.0 Å². The number of para-hydroxylation sites is 1. The molecule has 2 aliphatic rings. The minimum Gasteiger partial charge on any atom is -0.508 e. The average Bonchev–Trinajstić information content (AvgIpc) is 3.32. The van der Waals surface area contributed by atoms with Crippen LogP contribution in [0, 0.1) is 6.92 Å². The van der Waals surface area contributed by atoms with E-state index in [0.717, 1.165) is 16.9 Å². The fraction of sp³-hybridized carbons (Fsp3) is 0.364. The van der Waals surface area contributed by atoms with Crippen molar-refractivity contribution in [1.82, 2.24) is 15.5 Å². The highest BCUT2D eigenvalue weighted by Gasteiger charge is 2.50. The summed E-state index contributed by atoms with van der Waals surface area (Å²) in [5, 5.41) is 27.6. The molecule has 5 rings (SSSR count). The number of hydrogen-bond acceptors (Lipinski definition) is 7. The molecule has 0 saturated carbocycles. The summed E-state index contributed by atoms with van der Waals surface area (Å²) in [6.45, 7) is 5.91. The number of carbonyl (C=O) groups excluding carboxylic acids is 3. The Morgan fingerprint density at radius 3 is 2.53 bits per heavy atom. The molecule has 1 saturated heterocycles. The minimum absolute atomic E-state index is 0.0267. The van der Waals surface area contributed by atoms with E-state index < -0.39 is 34.7 Å². The number of nitrogens with one attached hydrogen (secondary N) is 2. The largest absolute Gasteiger partial charge is 0.508 e. The van der Waals surface area contributed by atoms with E-state index in [2.05, 4.69) is 10.6 Å². The molecule has 0 bridgehead atoms. The van der Waals surface area contributed by atoms with Crippen LogP contribution in [0.3, 0.4) is 0 Å². The third-order valence-corrected chi connectivity index (χ3v) is 9.53. The highest BCUT2D eigenvalue weighted by molar-refractivity contribution is 8.00. The molecule has 2 aliphatic heterocycles. The molecule has 0 radical (unpaired) electrons. The predicted molar refractivity (Wildman–Crippen MR) is 165 cm³/mol. The Morgan fingerprint density at radius 1 is 1.05 bits per heavy atom. The van der Waals surface area contributed by atoms with E-state index in [1.54, 1.807) is 19.1 Å². The van der Waals surface area contributed by atoms with Crippen molar-refractivity contribution in [2.24, 2.45) is 0 Å². The van der Waals surface area contributed by atoms with Gasteiger partial charge in [-0.1, -0.05) is 54.6 Å². The summed E-state index contributed by atoms with van der Waals surface area (Å²) in [6.07, 6.45) is -0.855. The van der Waals surface area contributed by atoms with Crippen molar-refractivity contribution < 1.29 is 29.3 Å². The molecule has 0 aliphatic carbocycles. The van der Waals surface area contributed by atoms with Gasteiger partial charge in [-0.25, -0.2) is 0 Å². The first-order chi connectivity index (χ1) is 20.6. The summed E-state index contributed by atoms with van der Waals surface area (Å²) in [6, 6.07) is 19.3. The van der Waals surface area contributed by atoms with Crippen molar-refractivity contribution in [3.63, 3.8) is 0 Å². The third-order valence-electron chi connectivity index (χ3n) is 8.15. The molecule has 0 aromatic heterocycles. The highest BCUT2D eigenvalue weighted by atomic mass is 32.2. The zero-order chi connectivity index (χ0) is 30.7. The molecule has 2 heterocycles. The van der Waals surface area contributed by atoms with Gasteiger partial charge in [0.1, 0.15) is 17.5 Å². The van der Waals surface area contributed by atoms with Crippen LogP contribution < -0.4 is 15.4 Å². The maximum atomic E-state index is 14.0. The van der Waals surface area contributed by atoms with Crippen molar-refractivity contribution in [3.8, 4) is 11.5 Å². The van der Waals surface area contributed by atoms with Crippen LogP contribution in [0.2, 0.25) is 0 Å². The molecular formula is C33H37N3O6S. The number of amides is 3. The second-order valence-corrected chi connectivity index (χ2v) is 13.1. The Kier molecular flexibility index (Phi) is 8.98. The molecular weight excluding hydrogens is 566 g/mol. The molecule has 0 spiro atoms. The van der Waals surface area contributed by atoms with E-state index in [4.69, 9.17) is 4.74 Å². The molecule has 3 aromatic carbocycles. The number of phenols is 1. The van der Waals surface area contributed by atoms with Crippen LogP contribution in [0.1, 0.15) is 53.4 Å². The number of benzene rings is 3. The highest BCUT2D eigenvalue weighted by Crippen LogP contribution is 2.41. The molecule has 226 valence electrons. The van der Waals surface area contributed by atoms with Crippen LogP contribution in [-0.4, -0.2) is 68.3 Å². The third kappa shape index (κ3) is 6.50. The van der Waals surface area contributed by atoms with Gasteiger partial charge in [0.15, 0.2) is 6.10 Å². The molecule has 4 N–H and O–H groups in total. The number of aromatic hydroxyl groups is 1. The van der Waals surface area contributed by atoms with Crippen molar-refractivity contribution >= 4 is 29.5 Å². The molecule has 3 aromatic rings. The van der Waals surface area contributed by atoms with Crippen LogP contribution in [0.25, 0.3) is 0 Å². The van der Waals surface area contributed by atoms with Crippen LogP contribution in [0.4, 0.5) is 0 Å². The summed E-state index contributed by atoms with van der Waals surface area (Å²) >= 11 is 1.46. The Labute approximate surface area is 255 Å². The smallest absolute Gasteiger partial charge is 0.254 e. The fourth-order valence-electron chi connectivity index (χ4n) is 5.72. The summed E-state index contributed by atoms with van der Waals surface area (Å²) in [7, 11) is 0. The quantitative estimate of drug-likeness (QED) is 0.309. The van der Waals surface area contributed by atoms with E-state index >= 15 is 0 Å². The fourth-order valence-corrected chi connectivity index (χ4v) is 6.86. The van der Waals surface area contributed by atoms with Gasteiger partial charge in [-0.2, -0.15) is 0 Å². The first-order valence-electron chi connectivity index (χ1n) is 14.3. The number of hydrogen-bond donors (Lipinski definition) is 4. The SMILES string of the molecule is Cc1c(O)cccc1C(=O)N[C@@H](Cc1ccccc1)[C@H](O)C(=O)N1CSC(C)(C)[C@@H]1C(=O)N[C@@H]1CCOc2ccccc21. The van der Waals surface area contributed by atoms with Gasteiger partial charge in [0.25, 0.3) is 11.8 Å². The van der Waals surface area contributed by atoms with Gasteiger partial charge in [0, 0.05) is 27.9 Å². The lowest BCUT2D eigenvalue weighted by Gasteiger charge is -2.35. The van der Waals surface area contributed by atoms with E-state index in [1.807, 2.05) is 68.4 Å². The number of nitrogens with zero attached hydrogens (tertiary/aromatic N) is 1. The van der Waals surface area contributed by atoms with Gasteiger partial charge in [-0.05, 0) is 51.0 Å². The lowest BCUT2D eigenvalue weighted by atomic mass is 9.95. The number of aliphatic hydroxyl groups is 1. The van der Waals surface area contributed by atoms with Crippen molar-refractivity contribution in [2.75, 3.05) is 12.5 Å². The average molecular weight is 604 g/mol.